The molecule has 10 nitrogen and oxygen atoms in total. The number of fused-ring (bicyclic) bond motifs is 3. The van der Waals surface area contributed by atoms with Crippen LogP contribution in [0, 0.1) is 0 Å². The fourth-order valence-corrected chi connectivity index (χ4v) is 7.71. The Labute approximate surface area is 225 Å². The van der Waals surface area contributed by atoms with Gasteiger partial charge in [0.15, 0.2) is 24.0 Å². The number of amides is 1. The van der Waals surface area contributed by atoms with Gasteiger partial charge in [-0.25, -0.2) is 8.42 Å². The van der Waals surface area contributed by atoms with Crippen molar-refractivity contribution in [1.29, 1.82) is 0 Å². The number of halogens is 2. The zero-order valence-electron chi connectivity index (χ0n) is 20.1. The second-order valence-corrected chi connectivity index (χ2v) is 12.8. The van der Waals surface area contributed by atoms with Gasteiger partial charge in [-0.2, -0.15) is 0 Å². The highest BCUT2D eigenvalue weighted by molar-refractivity contribution is 7.89. The van der Waals surface area contributed by atoms with Crippen LogP contribution in [0.5, 0.6) is 0 Å². The topological polar surface area (TPSA) is 121 Å². The van der Waals surface area contributed by atoms with Gasteiger partial charge in [0.05, 0.1) is 10.0 Å². The van der Waals surface area contributed by atoms with Crippen molar-refractivity contribution < 1.29 is 36.9 Å². The number of carbonyl (C=O) groups is 1. The van der Waals surface area contributed by atoms with Gasteiger partial charge < -0.3 is 23.7 Å². The van der Waals surface area contributed by atoms with Crippen molar-refractivity contribution in [1.82, 2.24) is 10.3 Å². The van der Waals surface area contributed by atoms with Crippen LogP contribution in [0.25, 0.3) is 0 Å². The quantitative estimate of drug-likeness (QED) is 0.522. The third-order valence-corrected chi connectivity index (χ3v) is 10.1. The number of hydrazine groups is 1. The zero-order chi connectivity index (χ0) is 25.8. The molecule has 1 aromatic carbocycles. The molecule has 204 valence electrons. The first-order valence-corrected chi connectivity index (χ1v) is 15.1. The maximum absolute atomic E-state index is 13.3. The van der Waals surface area contributed by atoms with E-state index in [0.717, 1.165) is 51.4 Å². The predicted molar refractivity (Wildman–Crippen MR) is 131 cm³/mol. The lowest BCUT2D eigenvalue weighted by Gasteiger charge is -2.36. The van der Waals surface area contributed by atoms with Crippen molar-refractivity contribution in [2.45, 2.75) is 111 Å². The van der Waals surface area contributed by atoms with Crippen molar-refractivity contribution in [3.8, 4) is 0 Å². The van der Waals surface area contributed by atoms with E-state index in [9.17, 15) is 13.2 Å². The third kappa shape index (κ3) is 4.81. The molecule has 2 spiro atoms. The minimum absolute atomic E-state index is 0.0738. The van der Waals surface area contributed by atoms with Crippen LogP contribution in [0.2, 0.25) is 10.0 Å². The van der Waals surface area contributed by atoms with E-state index in [1.54, 1.807) is 0 Å². The normalized spacial score (nSPS) is 34.3. The van der Waals surface area contributed by atoms with Crippen LogP contribution in [0.1, 0.15) is 64.2 Å². The zero-order valence-corrected chi connectivity index (χ0v) is 22.4. The largest absolute Gasteiger partial charge is 0.341 e. The van der Waals surface area contributed by atoms with Crippen LogP contribution in [0.4, 0.5) is 0 Å². The SMILES string of the molecule is O=C(NNS(=O)(=O)c1cccc(Cl)c1Cl)[C@@H]1O[C@@H]2OC3(CCCCC3)O[C@@H]2[C@@H]2OC3(CCCCC3)O[C@@H]21. The first kappa shape index (κ1) is 26.2. The Morgan fingerprint density at radius 2 is 1.43 bits per heavy atom. The van der Waals surface area contributed by atoms with Crippen molar-refractivity contribution in [3.05, 3.63) is 28.2 Å². The predicted octanol–water partition coefficient (Wildman–Crippen LogP) is 3.55. The smallest absolute Gasteiger partial charge is 0.267 e. The number of rotatable bonds is 4. The molecule has 3 saturated heterocycles. The van der Waals surface area contributed by atoms with E-state index < -0.39 is 58.2 Å². The lowest BCUT2D eigenvalue weighted by atomic mass is 9.94. The molecule has 5 atom stereocenters. The number of nitrogens with one attached hydrogen (secondary N) is 2. The van der Waals surface area contributed by atoms with Crippen molar-refractivity contribution >= 4 is 39.1 Å². The van der Waals surface area contributed by atoms with Crippen LogP contribution in [0.3, 0.4) is 0 Å². The molecular formula is C24H30Cl2N2O8S. The number of benzene rings is 1. The summed E-state index contributed by atoms with van der Waals surface area (Å²) in [6.45, 7) is 0. The molecule has 0 unspecified atom stereocenters. The molecule has 2 N–H and O–H groups in total. The monoisotopic (exact) mass is 576 g/mol. The lowest BCUT2D eigenvalue weighted by Crippen LogP contribution is -2.61. The van der Waals surface area contributed by atoms with Crippen molar-refractivity contribution in [3.63, 3.8) is 0 Å². The maximum atomic E-state index is 13.3. The summed E-state index contributed by atoms with van der Waals surface area (Å²) in [5, 5.41) is -0.0755. The minimum Gasteiger partial charge on any atom is -0.341 e. The Balaban J connectivity index is 1.23. The van der Waals surface area contributed by atoms with E-state index in [1.165, 1.54) is 18.2 Å². The summed E-state index contributed by atoms with van der Waals surface area (Å²) in [6, 6.07) is 4.20. The van der Waals surface area contributed by atoms with Crippen LogP contribution >= 0.6 is 23.2 Å². The average Bonchev–Trinajstić information content (AvgIpc) is 3.42. The maximum Gasteiger partial charge on any atom is 0.267 e. The summed E-state index contributed by atoms with van der Waals surface area (Å²) in [5.74, 6) is -2.32. The van der Waals surface area contributed by atoms with E-state index in [-0.39, 0.29) is 14.9 Å². The molecule has 0 bridgehead atoms. The second kappa shape index (κ2) is 9.87. The van der Waals surface area contributed by atoms with Crippen LogP contribution in [-0.4, -0.2) is 56.6 Å². The molecule has 13 heteroatoms. The number of sulfonamides is 1. The molecule has 1 amide bonds. The first-order chi connectivity index (χ1) is 17.7. The molecule has 6 rings (SSSR count). The summed E-state index contributed by atoms with van der Waals surface area (Å²) < 4.78 is 57.4. The number of ether oxygens (including phenoxy) is 5. The minimum atomic E-state index is -4.22. The van der Waals surface area contributed by atoms with Crippen LogP contribution in [0.15, 0.2) is 23.1 Å². The highest BCUT2D eigenvalue weighted by Crippen LogP contribution is 2.50. The van der Waals surface area contributed by atoms with Crippen molar-refractivity contribution in [2.75, 3.05) is 0 Å². The Morgan fingerprint density at radius 1 is 0.838 bits per heavy atom. The van der Waals surface area contributed by atoms with Gasteiger partial charge in [0, 0.05) is 25.7 Å². The molecule has 5 fully saturated rings. The van der Waals surface area contributed by atoms with E-state index in [4.69, 9.17) is 46.9 Å². The summed E-state index contributed by atoms with van der Waals surface area (Å²) in [5.41, 5.74) is 2.26. The van der Waals surface area contributed by atoms with E-state index in [1.807, 2.05) is 0 Å². The van der Waals surface area contributed by atoms with E-state index in [2.05, 4.69) is 10.3 Å². The Bertz CT molecular complexity index is 1160. The molecule has 3 heterocycles. The molecule has 0 radical (unpaired) electrons. The summed E-state index contributed by atoms with van der Waals surface area (Å²) >= 11 is 12.0. The van der Waals surface area contributed by atoms with E-state index in [0.29, 0.717) is 12.8 Å². The highest BCUT2D eigenvalue weighted by atomic mass is 35.5. The standard InChI is InChI=1S/C24H30Cl2N2O8S/c25-14-8-7-9-15(16(14)26)37(30,31)28-27-21(29)19-17-18(34-23(33-17)10-3-1-4-11-23)20-22(32-19)36-24(35-20)12-5-2-6-13-24/h7-9,17-20,22,28H,1-6,10-13H2,(H,27,29)/t17-,18+,19+,20+,22+/m0/s1. The van der Waals surface area contributed by atoms with Gasteiger partial charge in [0.2, 0.25) is 0 Å². The van der Waals surface area contributed by atoms with Gasteiger partial charge in [-0.1, -0.05) is 42.1 Å². The van der Waals surface area contributed by atoms with Crippen LogP contribution in [-0.2, 0) is 38.5 Å². The Kier molecular flexibility index (Phi) is 6.99. The molecule has 2 saturated carbocycles. The van der Waals surface area contributed by atoms with E-state index >= 15 is 0 Å². The van der Waals surface area contributed by atoms with Crippen molar-refractivity contribution in [2.24, 2.45) is 0 Å². The van der Waals surface area contributed by atoms with Crippen LogP contribution < -0.4 is 10.3 Å². The van der Waals surface area contributed by atoms with Gasteiger partial charge in [0.25, 0.3) is 15.9 Å². The average molecular weight is 577 g/mol. The Morgan fingerprint density at radius 3 is 2.11 bits per heavy atom. The third-order valence-electron chi connectivity index (χ3n) is 7.88. The number of carbonyl (C=O) groups excluding carboxylic acids is 1. The molecular weight excluding hydrogens is 547 g/mol. The fraction of sp³-hybridized carbons (Fsp3) is 0.708. The highest BCUT2D eigenvalue weighted by Gasteiger charge is 2.65. The van der Waals surface area contributed by atoms with Gasteiger partial charge in [-0.05, 0) is 37.8 Å². The fourth-order valence-electron chi connectivity index (χ4n) is 6.10. The van der Waals surface area contributed by atoms with Gasteiger partial charge >= 0.3 is 0 Å². The first-order valence-electron chi connectivity index (χ1n) is 12.8. The van der Waals surface area contributed by atoms with Gasteiger partial charge in [-0.3, -0.25) is 10.2 Å². The summed E-state index contributed by atoms with van der Waals surface area (Å²) in [4.78, 5) is 15.2. The lowest BCUT2D eigenvalue weighted by molar-refractivity contribution is -0.247. The second-order valence-electron chi connectivity index (χ2n) is 10.4. The van der Waals surface area contributed by atoms with Gasteiger partial charge in [0.1, 0.15) is 23.2 Å². The molecule has 0 aromatic heterocycles. The molecule has 3 aliphatic heterocycles. The molecule has 37 heavy (non-hydrogen) atoms. The number of hydrogen-bond donors (Lipinski definition) is 2. The summed E-state index contributed by atoms with van der Waals surface area (Å²) in [7, 11) is -4.22. The molecule has 5 aliphatic rings. The van der Waals surface area contributed by atoms with Gasteiger partial charge in [-0.15, -0.1) is 4.83 Å². The molecule has 2 aliphatic carbocycles. The summed E-state index contributed by atoms with van der Waals surface area (Å²) in [6.07, 6.45) is 5.00. The number of hydrogen-bond acceptors (Lipinski definition) is 8. The molecule has 1 aromatic rings. The Hall–Kier alpha value is -1.02.